The molecule has 0 saturated carbocycles. The van der Waals surface area contributed by atoms with Crippen LogP contribution in [0.3, 0.4) is 0 Å². The van der Waals surface area contributed by atoms with Gasteiger partial charge < -0.3 is 10.3 Å². The molecule has 5 rings (SSSR count). The highest BCUT2D eigenvalue weighted by molar-refractivity contribution is 8.00. The number of nitrogens with zero attached hydrogens (tertiary/aromatic N) is 2. The van der Waals surface area contributed by atoms with Crippen LogP contribution in [0.2, 0.25) is 0 Å². The van der Waals surface area contributed by atoms with Crippen molar-refractivity contribution in [2.24, 2.45) is 0 Å². The first-order valence-electron chi connectivity index (χ1n) is 11.6. The quantitative estimate of drug-likeness (QED) is 0.228. The summed E-state index contributed by atoms with van der Waals surface area (Å²) >= 11 is 2.94. The van der Waals surface area contributed by atoms with Crippen molar-refractivity contribution < 1.29 is 4.79 Å². The molecular weight excluding hydrogens is 472 g/mol. The van der Waals surface area contributed by atoms with Crippen molar-refractivity contribution in [3.05, 3.63) is 83.9 Å². The Balaban J connectivity index is 1.42. The van der Waals surface area contributed by atoms with Crippen molar-refractivity contribution >= 4 is 44.4 Å². The second-order valence-electron chi connectivity index (χ2n) is 8.49. The van der Waals surface area contributed by atoms with E-state index in [9.17, 15) is 4.79 Å². The highest BCUT2D eigenvalue weighted by Gasteiger charge is 2.23. The Bertz CT molecular complexity index is 1370. The first-order chi connectivity index (χ1) is 17.0. The Morgan fingerprint density at radius 2 is 1.60 bits per heavy atom. The molecule has 1 atom stereocenters. The van der Waals surface area contributed by atoms with Gasteiger partial charge in [0.1, 0.15) is 0 Å². The molecule has 0 fully saturated rings. The number of hydrogen-bond donors (Lipinski definition) is 2. The molecule has 0 aliphatic heterocycles. The van der Waals surface area contributed by atoms with E-state index in [1.54, 1.807) is 0 Å². The number of thioether (sulfide) groups is 1. The number of thiazole rings is 1. The lowest BCUT2D eigenvalue weighted by Crippen LogP contribution is -2.24. The predicted octanol–water partition coefficient (Wildman–Crippen LogP) is 7.48. The summed E-state index contributed by atoms with van der Waals surface area (Å²) in [5.41, 5.74) is 7.25. The number of nitrogens with one attached hydrogen (secondary N) is 2. The lowest BCUT2D eigenvalue weighted by Gasteiger charge is -2.11. The van der Waals surface area contributed by atoms with E-state index in [0.717, 1.165) is 37.9 Å². The molecule has 0 saturated heterocycles. The summed E-state index contributed by atoms with van der Waals surface area (Å²) < 4.78 is 1.06. The van der Waals surface area contributed by atoms with Gasteiger partial charge in [0.2, 0.25) is 5.91 Å². The number of imidazole rings is 1. The molecule has 1 unspecified atom stereocenters. The van der Waals surface area contributed by atoms with E-state index in [1.807, 2.05) is 31.2 Å². The molecule has 5 nitrogen and oxygen atoms in total. The molecule has 0 aliphatic carbocycles. The maximum absolute atomic E-state index is 13.1. The normalized spacial score (nSPS) is 12.1. The van der Waals surface area contributed by atoms with Crippen LogP contribution in [0.4, 0.5) is 5.13 Å². The lowest BCUT2D eigenvalue weighted by molar-refractivity contribution is -0.115. The average Bonchev–Trinajstić information content (AvgIpc) is 3.47. The summed E-state index contributed by atoms with van der Waals surface area (Å²) in [6.45, 7) is 6.17. The van der Waals surface area contributed by atoms with E-state index in [0.29, 0.717) is 11.6 Å². The minimum atomic E-state index is -0.301. The third kappa shape index (κ3) is 5.16. The van der Waals surface area contributed by atoms with E-state index in [-0.39, 0.29) is 11.2 Å². The topological polar surface area (TPSA) is 70.7 Å². The standard InChI is InChI=1S/C28H26N4OS2/c1-4-22(26(33)32-27-29-21-7-5-6-8-23(21)35-27)34-28-30-24(19-13-9-17(2)10-14-19)25(31-28)20-15-11-18(3)12-16-20/h5-16,22H,4H2,1-3H3,(H,30,31)(H,29,32,33). The average molecular weight is 499 g/mol. The number of aryl methyl sites for hydroxylation is 2. The minimum Gasteiger partial charge on any atom is -0.332 e. The molecule has 2 N–H and O–H groups in total. The van der Waals surface area contributed by atoms with E-state index in [4.69, 9.17) is 4.98 Å². The van der Waals surface area contributed by atoms with Crippen LogP contribution in [0.25, 0.3) is 32.7 Å². The summed E-state index contributed by atoms with van der Waals surface area (Å²) in [5, 5.41) is 4.05. The number of fused-ring (bicyclic) bond motifs is 1. The maximum atomic E-state index is 13.1. The third-order valence-electron chi connectivity index (χ3n) is 5.79. The number of amides is 1. The third-order valence-corrected chi connectivity index (χ3v) is 7.99. The smallest absolute Gasteiger partial charge is 0.239 e. The zero-order valence-electron chi connectivity index (χ0n) is 19.8. The fraction of sp³-hybridized carbons (Fsp3) is 0.179. The number of para-hydroxylation sites is 1. The van der Waals surface area contributed by atoms with Crippen LogP contribution in [-0.2, 0) is 4.79 Å². The van der Waals surface area contributed by atoms with Crippen LogP contribution in [0.5, 0.6) is 0 Å². The Hall–Kier alpha value is -3.42. The molecule has 1 amide bonds. The van der Waals surface area contributed by atoms with Crippen molar-refractivity contribution in [1.82, 2.24) is 15.0 Å². The zero-order chi connectivity index (χ0) is 24.4. The number of H-pyrrole nitrogens is 1. The number of benzene rings is 3. The lowest BCUT2D eigenvalue weighted by atomic mass is 10.0. The molecule has 3 aromatic carbocycles. The van der Waals surface area contributed by atoms with Crippen LogP contribution in [0, 0.1) is 13.8 Å². The van der Waals surface area contributed by atoms with Gasteiger partial charge in [-0.05, 0) is 32.4 Å². The second-order valence-corrected chi connectivity index (χ2v) is 10.7. The number of carbonyl (C=O) groups excluding carboxylic acids is 1. The van der Waals surface area contributed by atoms with Gasteiger partial charge in [0, 0.05) is 11.1 Å². The van der Waals surface area contributed by atoms with Gasteiger partial charge in [0.05, 0.1) is 26.9 Å². The number of hydrogen-bond acceptors (Lipinski definition) is 5. The summed E-state index contributed by atoms with van der Waals surface area (Å²) in [5.74, 6) is -0.0678. The first kappa shape index (κ1) is 23.3. The molecule has 35 heavy (non-hydrogen) atoms. The first-order valence-corrected chi connectivity index (χ1v) is 13.3. The molecule has 0 aliphatic rings. The van der Waals surface area contributed by atoms with Gasteiger partial charge in [0.25, 0.3) is 0 Å². The Morgan fingerprint density at radius 3 is 2.26 bits per heavy atom. The molecule has 7 heteroatoms. The van der Waals surface area contributed by atoms with Crippen LogP contribution in [0.15, 0.2) is 78.0 Å². The van der Waals surface area contributed by atoms with Crippen molar-refractivity contribution in [2.75, 3.05) is 5.32 Å². The number of carbonyl (C=O) groups is 1. The van der Waals surface area contributed by atoms with Crippen molar-refractivity contribution in [3.8, 4) is 22.5 Å². The molecular formula is C28H26N4OS2. The van der Waals surface area contributed by atoms with Crippen LogP contribution in [-0.4, -0.2) is 26.1 Å². The van der Waals surface area contributed by atoms with E-state index in [2.05, 4.69) is 77.7 Å². The van der Waals surface area contributed by atoms with Crippen LogP contribution in [0.1, 0.15) is 24.5 Å². The zero-order valence-corrected chi connectivity index (χ0v) is 21.5. The molecule has 2 aromatic heterocycles. The van der Waals surface area contributed by atoms with E-state index >= 15 is 0 Å². The van der Waals surface area contributed by atoms with Crippen molar-refractivity contribution in [1.29, 1.82) is 0 Å². The predicted molar refractivity (Wildman–Crippen MR) is 147 cm³/mol. The minimum absolute atomic E-state index is 0.0678. The molecule has 2 heterocycles. The van der Waals surface area contributed by atoms with Gasteiger partial charge in [-0.15, -0.1) is 0 Å². The summed E-state index contributed by atoms with van der Waals surface area (Å²) in [6.07, 6.45) is 0.668. The van der Waals surface area contributed by atoms with Gasteiger partial charge in [-0.3, -0.25) is 4.79 Å². The maximum Gasteiger partial charge on any atom is 0.239 e. The molecule has 0 bridgehead atoms. The summed E-state index contributed by atoms with van der Waals surface area (Å²) in [6, 6.07) is 24.7. The van der Waals surface area contributed by atoms with Gasteiger partial charge >= 0.3 is 0 Å². The number of aromatic nitrogens is 3. The van der Waals surface area contributed by atoms with Crippen molar-refractivity contribution in [3.63, 3.8) is 0 Å². The number of anilines is 1. The molecule has 176 valence electrons. The largest absolute Gasteiger partial charge is 0.332 e. The fourth-order valence-electron chi connectivity index (χ4n) is 3.83. The number of aromatic amines is 1. The van der Waals surface area contributed by atoms with Crippen LogP contribution < -0.4 is 5.32 Å². The highest BCUT2D eigenvalue weighted by atomic mass is 32.2. The van der Waals surface area contributed by atoms with Gasteiger partial charge in [-0.1, -0.05) is 102 Å². The van der Waals surface area contributed by atoms with Crippen LogP contribution >= 0.6 is 23.1 Å². The molecule has 5 aromatic rings. The molecule has 0 spiro atoms. The van der Waals surface area contributed by atoms with Crippen molar-refractivity contribution in [2.45, 2.75) is 37.6 Å². The molecule has 0 radical (unpaired) electrons. The van der Waals surface area contributed by atoms with Gasteiger partial charge in [-0.2, -0.15) is 0 Å². The second kappa shape index (κ2) is 10.1. The summed E-state index contributed by atoms with van der Waals surface area (Å²) in [7, 11) is 0. The fourth-order valence-corrected chi connectivity index (χ4v) is 5.60. The van der Waals surface area contributed by atoms with Gasteiger partial charge in [-0.25, -0.2) is 9.97 Å². The van der Waals surface area contributed by atoms with E-state index in [1.165, 1.54) is 34.2 Å². The van der Waals surface area contributed by atoms with E-state index < -0.39 is 0 Å². The Kier molecular flexibility index (Phi) is 6.70. The summed E-state index contributed by atoms with van der Waals surface area (Å²) in [4.78, 5) is 26.1. The highest BCUT2D eigenvalue weighted by Crippen LogP contribution is 2.35. The Morgan fingerprint density at radius 1 is 0.943 bits per heavy atom. The SMILES string of the molecule is CCC(Sc1nc(-c2ccc(C)cc2)c(-c2ccc(C)cc2)[nH]1)C(=O)Nc1nc2ccccc2s1. The Labute approximate surface area is 213 Å². The van der Waals surface area contributed by atoms with Gasteiger partial charge in [0.15, 0.2) is 10.3 Å². The number of rotatable bonds is 7. The monoisotopic (exact) mass is 498 g/mol.